The summed E-state index contributed by atoms with van der Waals surface area (Å²) in [5.41, 5.74) is 7.98. The maximum atomic E-state index is 12.2. The Morgan fingerprint density at radius 2 is 2.54 bits per heavy atom. The van der Waals surface area contributed by atoms with Gasteiger partial charge in [0.05, 0.1) is 6.67 Å². The standard InChI is InChI=1S/C7H11FN4O/c8-3-6-1-2-12(5-6)7(13)4-10-11-9/h6H,1-5H2. The van der Waals surface area contributed by atoms with Crippen LogP contribution < -0.4 is 0 Å². The molecule has 1 atom stereocenters. The van der Waals surface area contributed by atoms with Gasteiger partial charge in [-0.25, -0.2) is 0 Å². The third-order valence-electron chi connectivity index (χ3n) is 2.13. The molecule has 1 amide bonds. The Labute approximate surface area is 75.1 Å². The number of azide groups is 1. The van der Waals surface area contributed by atoms with E-state index in [0.29, 0.717) is 19.5 Å². The molecule has 0 aromatic carbocycles. The summed E-state index contributed by atoms with van der Waals surface area (Å²) < 4.78 is 12.2. The number of hydrogen-bond donors (Lipinski definition) is 0. The van der Waals surface area contributed by atoms with Gasteiger partial charge in [0.25, 0.3) is 0 Å². The van der Waals surface area contributed by atoms with Crippen LogP contribution in [0.2, 0.25) is 0 Å². The number of amides is 1. The number of hydrogen-bond acceptors (Lipinski definition) is 2. The molecule has 1 unspecified atom stereocenters. The van der Waals surface area contributed by atoms with E-state index in [1.165, 1.54) is 0 Å². The first-order valence-electron chi connectivity index (χ1n) is 4.12. The molecule has 1 aliphatic heterocycles. The van der Waals surface area contributed by atoms with E-state index in [0.717, 1.165) is 0 Å². The first-order chi connectivity index (χ1) is 6.27. The SMILES string of the molecule is [N-]=[N+]=NCC(=O)N1CCC(CF)C1. The molecular formula is C7H11FN4O. The van der Waals surface area contributed by atoms with Gasteiger partial charge in [-0.1, -0.05) is 5.11 Å². The van der Waals surface area contributed by atoms with Gasteiger partial charge in [-0.2, -0.15) is 0 Å². The summed E-state index contributed by atoms with van der Waals surface area (Å²) in [4.78, 5) is 15.2. The zero-order valence-corrected chi connectivity index (χ0v) is 7.19. The van der Waals surface area contributed by atoms with Gasteiger partial charge in [0, 0.05) is 23.9 Å². The van der Waals surface area contributed by atoms with Crippen LogP contribution in [0.5, 0.6) is 0 Å². The van der Waals surface area contributed by atoms with Crippen LogP contribution in [0.15, 0.2) is 5.11 Å². The smallest absolute Gasteiger partial charge is 0.228 e. The van der Waals surface area contributed by atoms with Crippen molar-refractivity contribution in [1.82, 2.24) is 4.90 Å². The van der Waals surface area contributed by atoms with E-state index in [9.17, 15) is 9.18 Å². The van der Waals surface area contributed by atoms with Gasteiger partial charge in [-0.3, -0.25) is 9.18 Å². The third kappa shape index (κ3) is 2.59. The lowest BCUT2D eigenvalue weighted by Gasteiger charge is -2.13. The van der Waals surface area contributed by atoms with Crippen molar-refractivity contribution in [3.8, 4) is 0 Å². The zero-order chi connectivity index (χ0) is 9.68. The van der Waals surface area contributed by atoms with Crippen LogP contribution in [-0.4, -0.2) is 37.1 Å². The molecule has 0 saturated carbocycles. The normalized spacial score (nSPS) is 21.3. The zero-order valence-electron chi connectivity index (χ0n) is 7.19. The molecule has 0 aromatic heterocycles. The quantitative estimate of drug-likeness (QED) is 0.370. The molecule has 1 heterocycles. The third-order valence-corrected chi connectivity index (χ3v) is 2.13. The number of alkyl halides is 1. The molecule has 0 radical (unpaired) electrons. The summed E-state index contributed by atoms with van der Waals surface area (Å²) in [6.45, 7) is 0.492. The molecule has 1 fully saturated rings. The minimum Gasteiger partial charge on any atom is -0.342 e. The Bertz CT molecular complexity index is 239. The number of halogens is 1. The Morgan fingerprint density at radius 3 is 3.08 bits per heavy atom. The van der Waals surface area contributed by atoms with Crippen LogP contribution in [-0.2, 0) is 4.79 Å². The fourth-order valence-electron chi connectivity index (χ4n) is 1.38. The molecule has 72 valence electrons. The topological polar surface area (TPSA) is 69.1 Å². The van der Waals surface area contributed by atoms with Crippen LogP contribution in [0, 0.1) is 5.92 Å². The van der Waals surface area contributed by atoms with Crippen LogP contribution in [0.4, 0.5) is 4.39 Å². The van der Waals surface area contributed by atoms with E-state index >= 15 is 0 Å². The fourth-order valence-corrected chi connectivity index (χ4v) is 1.38. The fraction of sp³-hybridized carbons (Fsp3) is 0.857. The minimum absolute atomic E-state index is 0.0324. The Kier molecular flexibility index (Phi) is 3.52. The van der Waals surface area contributed by atoms with Crippen molar-refractivity contribution in [2.75, 3.05) is 26.3 Å². The molecule has 0 N–H and O–H groups in total. The number of carbonyl (C=O) groups excluding carboxylic acids is 1. The molecule has 13 heavy (non-hydrogen) atoms. The average molecular weight is 186 g/mol. The van der Waals surface area contributed by atoms with E-state index < -0.39 is 0 Å². The molecule has 6 heteroatoms. The predicted octanol–water partition coefficient (Wildman–Crippen LogP) is 1.11. The summed E-state index contributed by atoms with van der Waals surface area (Å²) in [5, 5.41) is 3.16. The highest BCUT2D eigenvalue weighted by atomic mass is 19.1. The predicted molar refractivity (Wildman–Crippen MR) is 44.7 cm³/mol. The van der Waals surface area contributed by atoms with E-state index in [4.69, 9.17) is 5.53 Å². The number of likely N-dealkylation sites (tertiary alicyclic amines) is 1. The number of rotatable bonds is 3. The van der Waals surface area contributed by atoms with E-state index in [-0.39, 0.29) is 25.0 Å². The molecule has 1 rings (SSSR count). The molecule has 0 bridgehead atoms. The summed E-state index contributed by atoms with van der Waals surface area (Å²) >= 11 is 0. The second kappa shape index (κ2) is 4.67. The van der Waals surface area contributed by atoms with Crippen molar-refractivity contribution in [2.24, 2.45) is 11.0 Å². The minimum atomic E-state index is -0.384. The first kappa shape index (κ1) is 9.80. The lowest BCUT2D eigenvalue weighted by atomic mass is 10.1. The maximum Gasteiger partial charge on any atom is 0.228 e. The highest BCUT2D eigenvalue weighted by molar-refractivity contribution is 5.78. The van der Waals surface area contributed by atoms with Gasteiger partial charge in [-0.05, 0) is 12.0 Å². The lowest BCUT2D eigenvalue weighted by molar-refractivity contribution is -0.128. The van der Waals surface area contributed by atoms with E-state index in [2.05, 4.69) is 10.0 Å². The Hall–Kier alpha value is -1.29. The van der Waals surface area contributed by atoms with Crippen LogP contribution in [0.25, 0.3) is 10.4 Å². The number of nitrogens with zero attached hydrogens (tertiary/aromatic N) is 4. The van der Waals surface area contributed by atoms with Crippen molar-refractivity contribution >= 4 is 5.91 Å². The highest BCUT2D eigenvalue weighted by Crippen LogP contribution is 2.16. The average Bonchev–Trinajstić information content (AvgIpc) is 2.62. The van der Waals surface area contributed by atoms with Gasteiger partial charge in [0.15, 0.2) is 0 Å². The van der Waals surface area contributed by atoms with Crippen LogP contribution >= 0.6 is 0 Å². The van der Waals surface area contributed by atoms with Gasteiger partial charge in [0.1, 0.15) is 6.54 Å². The monoisotopic (exact) mass is 186 g/mol. The molecule has 0 aliphatic carbocycles. The van der Waals surface area contributed by atoms with Crippen molar-refractivity contribution in [2.45, 2.75) is 6.42 Å². The Balaban J connectivity index is 2.37. The van der Waals surface area contributed by atoms with Crippen molar-refractivity contribution < 1.29 is 9.18 Å². The Morgan fingerprint density at radius 1 is 1.77 bits per heavy atom. The molecular weight excluding hydrogens is 175 g/mol. The van der Waals surface area contributed by atoms with Crippen LogP contribution in [0.3, 0.4) is 0 Å². The second-order valence-electron chi connectivity index (χ2n) is 3.04. The van der Waals surface area contributed by atoms with Gasteiger partial charge >= 0.3 is 0 Å². The van der Waals surface area contributed by atoms with Gasteiger partial charge in [-0.15, -0.1) is 0 Å². The van der Waals surface area contributed by atoms with Gasteiger partial charge < -0.3 is 4.90 Å². The first-order valence-corrected chi connectivity index (χ1v) is 4.12. The number of carbonyl (C=O) groups is 1. The molecule has 1 aliphatic rings. The molecule has 1 saturated heterocycles. The van der Waals surface area contributed by atoms with Crippen molar-refractivity contribution in [3.63, 3.8) is 0 Å². The summed E-state index contributed by atoms with van der Waals surface area (Å²) in [5.74, 6) is -0.247. The molecule has 5 nitrogen and oxygen atoms in total. The van der Waals surface area contributed by atoms with E-state index in [1.54, 1.807) is 4.90 Å². The molecule has 0 spiro atoms. The highest BCUT2D eigenvalue weighted by Gasteiger charge is 2.25. The summed E-state index contributed by atoms with van der Waals surface area (Å²) in [6, 6.07) is 0. The second-order valence-corrected chi connectivity index (χ2v) is 3.04. The lowest BCUT2D eigenvalue weighted by Crippen LogP contribution is -2.30. The summed E-state index contributed by atoms with van der Waals surface area (Å²) in [6.07, 6.45) is 0.707. The van der Waals surface area contributed by atoms with Gasteiger partial charge in [0.2, 0.25) is 5.91 Å². The van der Waals surface area contributed by atoms with Crippen molar-refractivity contribution in [1.29, 1.82) is 0 Å². The summed E-state index contributed by atoms with van der Waals surface area (Å²) in [7, 11) is 0. The largest absolute Gasteiger partial charge is 0.342 e. The maximum absolute atomic E-state index is 12.2. The molecule has 0 aromatic rings. The van der Waals surface area contributed by atoms with Crippen molar-refractivity contribution in [3.05, 3.63) is 10.4 Å². The van der Waals surface area contributed by atoms with E-state index in [1.807, 2.05) is 0 Å². The van der Waals surface area contributed by atoms with Crippen LogP contribution in [0.1, 0.15) is 6.42 Å².